The zero-order valence-electron chi connectivity index (χ0n) is 12.9. The molecule has 0 unspecified atom stereocenters. The third kappa shape index (κ3) is 3.60. The lowest BCUT2D eigenvalue weighted by molar-refractivity contribution is -0.117. The van der Waals surface area contributed by atoms with Crippen LogP contribution in [0, 0.1) is 13.8 Å². The molecule has 20 heavy (non-hydrogen) atoms. The molecule has 1 aliphatic carbocycles. The van der Waals surface area contributed by atoms with Crippen molar-refractivity contribution in [2.45, 2.75) is 57.9 Å². The van der Waals surface area contributed by atoms with Gasteiger partial charge in [0.2, 0.25) is 5.91 Å². The summed E-state index contributed by atoms with van der Waals surface area (Å²) < 4.78 is 0. The highest BCUT2D eigenvalue weighted by Crippen LogP contribution is 2.31. The van der Waals surface area contributed by atoms with Crippen molar-refractivity contribution in [3.8, 4) is 0 Å². The van der Waals surface area contributed by atoms with E-state index in [0.717, 1.165) is 24.1 Å². The molecule has 3 nitrogen and oxygen atoms in total. The SMILES string of the molecule is CNC1(CC(=O)Nc2ccc(C)cc2C)CCCCC1. The summed E-state index contributed by atoms with van der Waals surface area (Å²) in [5.74, 6) is 0.119. The Labute approximate surface area is 122 Å². The van der Waals surface area contributed by atoms with Crippen LogP contribution < -0.4 is 10.6 Å². The molecule has 0 spiro atoms. The number of rotatable bonds is 4. The Morgan fingerprint density at radius 2 is 1.90 bits per heavy atom. The number of carbonyl (C=O) groups excluding carboxylic acids is 1. The van der Waals surface area contributed by atoms with Crippen molar-refractivity contribution in [3.05, 3.63) is 29.3 Å². The molecular weight excluding hydrogens is 248 g/mol. The van der Waals surface area contributed by atoms with Crippen LogP contribution in [0.4, 0.5) is 5.69 Å². The maximum Gasteiger partial charge on any atom is 0.226 e. The van der Waals surface area contributed by atoms with E-state index < -0.39 is 0 Å². The van der Waals surface area contributed by atoms with Gasteiger partial charge in [0.15, 0.2) is 0 Å². The summed E-state index contributed by atoms with van der Waals surface area (Å²) in [5.41, 5.74) is 3.28. The Bertz CT molecular complexity index is 476. The normalized spacial score (nSPS) is 17.8. The zero-order chi connectivity index (χ0) is 14.6. The summed E-state index contributed by atoms with van der Waals surface area (Å²) >= 11 is 0. The third-order valence-corrected chi connectivity index (χ3v) is 4.50. The molecule has 1 fully saturated rings. The Morgan fingerprint density at radius 1 is 1.20 bits per heavy atom. The van der Waals surface area contributed by atoms with Gasteiger partial charge in [-0.25, -0.2) is 0 Å². The van der Waals surface area contributed by atoms with Crippen LogP contribution in [-0.4, -0.2) is 18.5 Å². The summed E-state index contributed by atoms with van der Waals surface area (Å²) in [4.78, 5) is 12.3. The Balaban J connectivity index is 2.00. The molecular formula is C17H26N2O. The first-order valence-corrected chi connectivity index (χ1v) is 7.61. The van der Waals surface area contributed by atoms with E-state index in [1.807, 2.05) is 26.1 Å². The monoisotopic (exact) mass is 274 g/mol. The minimum atomic E-state index is 0.000928. The van der Waals surface area contributed by atoms with Gasteiger partial charge >= 0.3 is 0 Å². The highest BCUT2D eigenvalue weighted by atomic mass is 16.1. The summed E-state index contributed by atoms with van der Waals surface area (Å²) in [6, 6.07) is 6.14. The summed E-state index contributed by atoms with van der Waals surface area (Å²) in [7, 11) is 1.98. The summed E-state index contributed by atoms with van der Waals surface area (Å²) in [6.07, 6.45) is 6.50. The lowest BCUT2D eigenvalue weighted by atomic mass is 9.79. The van der Waals surface area contributed by atoms with E-state index in [0.29, 0.717) is 6.42 Å². The van der Waals surface area contributed by atoms with Crippen LogP contribution in [0.5, 0.6) is 0 Å². The average molecular weight is 274 g/mol. The molecule has 0 saturated heterocycles. The number of carbonyl (C=O) groups is 1. The van der Waals surface area contributed by atoms with Gasteiger partial charge < -0.3 is 10.6 Å². The van der Waals surface area contributed by atoms with E-state index in [4.69, 9.17) is 0 Å². The van der Waals surface area contributed by atoms with Crippen molar-refractivity contribution in [1.29, 1.82) is 0 Å². The van der Waals surface area contributed by atoms with Gasteiger partial charge in [0.1, 0.15) is 0 Å². The average Bonchev–Trinajstić information content (AvgIpc) is 2.43. The molecule has 0 heterocycles. The van der Waals surface area contributed by atoms with Gasteiger partial charge in [-0.2, -0.15) is 0 Å². The van der Waals surface area contributed by atoms with Crippen LogP contribution in [0.3, 0.4) is 0 Å². The fourth-order valence-electron chi connectivity index (χ4n) is 3.20. The van der Waals surface area contributed by atoms with Gasteiger partial charge in [-0.1, -0.05) is 37.0 Å². The van der Waals surface area contributed by atoms with Gasteiger partial charge in [0, 0.05) is 17.6 Å². The third-order valence-electron chi connectivity index (χ3n) is 4.50. The predicted molar refractivity (Wildman–Crippen MR) is 84.0 cm³/mol. The topological polar surface area (TPSA) is 41.1 Å². The Kier molecular flexibility index (Phi) is 4.81. The van der Waals surface area contributed by atoms with Gasteiger partial charge in [-0.05, 0) is 45.4 Å². The fourth-order valence-corrected chi connectivity index (χ4v) is 3.20. The summed E-state index contributed by atoms with van der Waals surface area (Å²) in [6.45, 7) is 4.10. The molecule has 0 aromatic heterocycles. The highest BCUT2D eigenvalue weighted by molar-refractivity contribution is 5.92. The molecule has 1 amide bonds. The van der Waals surface area contributed by atoms with Gasteiger partial charge in [-0.15, -0.1) is 0 Å². The molecule has 1 aliphatic rings. The van der Waals surface area contributed by atoms with E-state index in [-0.39, 0.29) is 11.4 Å². The molecule has 1 aromatic carbocycles. The molecule has 1 aromatic rings. The predicted octanol–water partition coefficient (Wildman–Crippen LogP) is 3.55. The van der Waals surface area contributed by atoms with E-state index in [1.165, 1.54) is 24.8 Å². The molecule has 1 saturated carbocycles. The van der Waals surface area contributed by atoms with Crippen molar-refractivity contribution in [1.82, 2.24) is 5.32 Å². The van der Waals surface area contributed by atoms with Crippen LogP contribution in [-0.2, 0) is 4.79 Å². The fraction of sp³-hybridized carbons (Fsp3) is 0.588. The summed E-state index contributed by atoms with van der Waals surface area (Å²) in [5, 5.41) is 6.46. The van der Waals surface area contributed by atoms with Gasteiger partial charge in [-0.3, -0.25) is 4.79 Å². The van der Waals surface area contributed by atoms with Crippen LogP contribution in [0.2, 0.25) is 0 Å². The number of amides is 1. The van der Waals surface area contributed by atoms with E-state index >= 15 is 0 Å². The first-order chi connectivity index (χ1) is 9.54. The van der Waals surface area contributed by atoms with E-state index in [2.05, 4.69) is 23.6 Å². The first-order valence-electron chi connectivity index (χ1n) is 7.61. The smallest absolute Gasteiger partial charge is 0.226 e. The van der Waals surface area contributed by atoms with Crippen molar-refractivity contribution in [2.24, 2.45) is 0 Å². The quantitative estimate of drug-likeness (QED) is 0.881. The molecule has 2 rings (SSSR count). The Hall–Kier alpha value is -1.35. The molecule has 0 atom stereocenters. The zero-order valence-corrected chi connectivity index (χ0v) is 12.9. The highest BCUT2D eigenvalue weighted by Gasteiger charge is 2.32. The number of hydrogen-bond donors (Lipinski definition) is 2. The molecule has 0 aliphatic heterocycles. The van der Waals surface area contributed by atoms with Crippen LogP contribution in [0.1, 0.15) is 49.7 Å². The second kappa shape index (κ2) is 6.40. The molecule has 0 bridgehead atoms. The van der Waals surface area contributed by atoms with Crippen LogP contribution >= 0.6 is 0 Å². The second-order valence-corrected chi connectivity index (χ2v) is 6.13. The lowest BCUT2D eigenvalue weighted by Gasteiger charge is -2.36. The number of anilines is 1. The number of aryl methyl sites for hydroxylation is 2. The second-order valence-electron chi connectivity index (χ2n) is 6.13. The van der Waals surface area contributed by atoms with Crippen molar-refractivity contribution < 1.29 is 4.79 Å². The van der Waals surface area contributed by atoms with Crippen molar-refractivity contribution in [3.63, 3.8) is 0 Å². The minimum Gasteiger partial charge on any atom is -0.326 e. The molecule has 0 radical (unpaired) electrons. The Morgan fingerprint density at radius 3 is 2.50 bits per heavy atom. The van der Waals surface area contributed by atoms with Crippen LogP contribution in [0.25, 0.3) is 0 Å². The standard InChI is InChI=1S/C17H26N2O/c1-13-7-8-15(14(2)11-13)19-16(20)12-17(18-3)9-5-4-6-10-17/h7-8,11,18H,4-6,9-10,12H2,1-3H3,(H,19,20). The van der Waals surface area contributed by atoms with E-state index in [9.17, 15) is 4.79 Å². The van der Waals surface area contributed by atoms with Crippen molar-refractivity contribution >= 4 is 11.6 Å². The van der Waals surface area contributed by atoms with Crippen LogP contribution in [0.15, 0.2) is 18.2 Å². The van der Waals surface area contributed by atoms with E-state index in [1.54, 1.807) is 0 Å². The first kappa shape index (κ1) is 15.0. The lowest BCUT2D eigenvalue weighted by Crippen LogP contribution is -2.47. The number of nitrogens with one attached hydrogen (secondary N) is 2. The number of benzene rings is 1. The maximum absolute atomic E-state index is 12.3. The van der Waals surface area contributed by atoms with Gasteiger partial charge in [0.25, 0.3) is 0 Å². The minimum absolute atomic E-state index is 0.000928. The largest absolute Gasteiger partial charge is 0.326 e. The maximum atomic E-state index is 12.3. The molecule has 110 valence electrons. The van der Waals surface area contributed by atoms with Gasteiger partial charge in [0.05, 0.1) is 0 Å². The van der Waals surface area contributed by atoms with Crippen molar-refractivity contribution in [2.75, 3.05) is 12.4 Å². The molecule has 3 heteroatoms. The number of hydrogen-bond acceptors (Lipinski definition) is 2. The molecule has 2 N–H and O–H groups in total.